The van der Waals surface area contributed by atoms with Gasteiger partial charge in [0, 0.05) is 17.1 Å². The second-order valence-corrected chi connectivity index (χ2v) is 7.84. The average Bonchev–Trinajstić information content (AvgIpc) is 2.43. The molecule has 1 saturated heterocycles. The number of hydrogen-bond donors (Lipinski definition) is 4. The van der Waals surface area contributed by atoms with Crippen LogP contribution in [0.4, 0.5) is 5.69 Å². The van der Waals surface area contributed by atoms with Crippen LogP contribution < -0.4 is 21.7 Å². The summed E-state index contributed by atoms with van der Waals surface area (Å²) in [6.07, 6.45) is 1.43. The Morgan fingerprint density at radius 2 is 1.60 bits per heavy atom. The highest BCUT2D eigenvalue weighted by atomic mass is 16.2. The summed E-state index contributed by atoms with van der Waals surface area (Å²) in [6, 6.07) is 6.19. The van der Waals surface area contributed by atoms with E-state index >= 15 is 0 Å². The Balaban J connectivity index is 2.04. The predicted molar refractivity (Wildman–Crippen MR) is 96.0 cm³/mol. The highest BCUT2D eigenvalue weighted by Crippen LogP contribution is 2.28. The molecule has 0 aliphatic carbocycles. The first kappa shape index (κ1) is 18.9. The van der Waals surface area contributed by atoms with E-state index < -0.39 is 17.7 Å². The maximum atomic E-state index is 12.3. The van der Waals surface area contributed by atoms with Gasteiger partial charge in [0.15, 0.2) is 0 Å². The second kappa shape index (κ2) is 6.84. The van der Waals surface area contributed by atoms with Gasteiger partial charge in [-0.25, -0.2) is 0 Å². The van der Waals surface area contributed by atoms with Crippen molar-refractivity contribution in [1.82, 2.24) is 10.6 Å². The van der Waals surface area contributed by atoms with Crippen molar-refractivity contribution in [2.45, 2.75) is 57.7 Å². The first-order chi connectivity index (χ1) is 11.5. The zero-order valence-corrected chi connectivity index (χ0v) is 15.1. The Labute approximate surface area is 147 Å². The van der Waals surface area contributed by atoms with Gasteiger partial charge >= 0.3 is 11.8 Å². The fraction of sp³-hybridized carbons (Fsp3) is 0.500. The number of hydrogen-bond acceptors (Lipinski definition) is 4. The number of nitrogens with two attached hydrogens (primary N) is 1. The van der Waals surface area contributed by atoms with E-state index in [9.17, 15) is 14.4 Å². The lowest BCUT2D eigenvalue weighted by Gasteiger charge is -2.46. The maximum Gasteiger partial charge on any atom is 0.313 e. The van der Waals surface area contributed by atoms with E-state index in [0.29, 0.717) is 12.8 Å². The molecule has 25 heavy (non-hydrogen) atoms. The van der Waals surface area contributed by atoms with Crippen LogP contribution in [-0.2, 0) is 9.59 Å². The average molecular weight is 346 g/mol. The monoisotopic (exact) mass is 346 g/mol. The third-order valence-corrected chi connectivity index (χ3v) is 4.17. The van der Waals surface area contributed by atoms with Crippen LogP contribution in [0.15, 0.2) is 24.3 Å². The number of nitrogens with one attached hydrogen (secondary N) is 3. The van der Waals surface area contributed by atoms with Gasteiger partial charge in [-0.1, -0.05) is 12.1 Å². The summed E-state index contributed by atoms with van der Waals surface area (Å²) < 4.78 is 0. The van der Waals surface area contributed by atoms with E-state index in [1.54, 1.807) is 12.1 Å². The van der Waals surface area contributed by atoms with Crippen LogP contribution in [0.1, 0.15) is 50.9 Å². The van der Waals surface area contributed by atoms with Crippen molar-refractivity contribution < 1.29 is 14.4 Å². The first-order valence-electron chi connectivity index (χ1n) is 8.29. The van der Waals surface area contributed by atoms with Gasteiger partial charge in [-0.05, 0) is 52.7 Å². The molecule has 7 heteroatoms. The van der Waals surface area contributed by atoms with Crippen molar-refractivity contribution >= 4 is 23.4 Å². The molecule has 0 radical (unpaired) electrons. The zero-order chi connectivity index (χ0) is 18.8. The SMILES string of the molecule is CC1(C)CC(NC(=O)C(=O)Nc2ccccc2C(N)=O)CC(C)(C)N1. The van der Waals surface area contributed by atoms with Crippen LogP contribution in [0.5, 0.6) is 0 Å². The third-order valence-electron chi connectivity index (χ3n) is 4.17. The molecule has 0 saturated carbocycles. The lowest BCUT2D eigenvalue weighted by molar-refractivity contribution is -0.137. The topological polar surface area (TPSA) is 113 Å². The molecule has 0 unspecified atom stereocenters. The van der Waals surface area contributed by atoms with E-state index in [2.05, 4.69) is 43.6 Å². The molecule has 0 spiro atoms. The lowest BCUT2D eigenvalue weighted by Crippen LogP contribution is -2.62. The molecule has 2 rings (SSSR count). The summed E-state index contributed by atoms with van der Waals surface area (Å²) in [7, 11) is 0. The molecule has 1 fully saturated rings. The Hall–Kier alpha value is -2.41. The molecule has 1 aromatic carbocycles. The van der Waals surface area contributed by atoms with E-state index in [0.717, 1.165) is 0 Å². The standard InChI is InChI=1S/C18H26N4O3/c1-17(2)9-11(10-18(3,4)22-17)20-15(24)16(25)21-13-8-6-5-7-12(13)14(19)23/h5-8,11,22H,9-10H2,1-4H3,(H2,19,23)(H,20,24)(H,21,25). The van der Waals surface area contributed by atoms with Crippen molar-refractivity contribution in [3.63, 3.8) is 0 Å². The molecule has 0 aromatic heterocycles. The molecule has 136 valence electrons. The van der Waals surface area contributed by atoms with Crippen LogP contribution in [0.25, 0.3) is 0 Å². The normalized spacial score (nSPS) is 19.0. The summed E-state index contributed by atoms with van der Waals surface area (Å²) in [5.41, 5.74) is 5.37. The molecular weight excluding hydrogens is 320 g/mol. The third kappa shape index (κ3) is 5.03. The number of piperidine rings is 1. The van der Waals surface area contributed by atoms with Gasteiger partial charge in [-0.2, -0.15) is 0 Å². The largest absolute Gasteiger partial charge is 0.366 e. The number of primary amides is 1. The maximum absolute atomic E-state index is 12.3. The van der Waals surface area contributed by atoms with Crippen molar-refractivity contribution in [3.05, 3.63) is 29.8 Å². The number of rotatable bonds is 3. The predicted octanol–water partition coefficient (Wildman–Crippen LogP) is 1.15. The van der Waals surface area contributed by atoms with E-state index in [4.69, 9.17) is 5.73 Å². The van der Waals surface area contributed by atoms with Crippen LogP contribution in [0.3, 0.4) is 0 Å². The quantitative estimate of drug-likeness (QED) is 0.615. The molecule has 1 aliphatic rings. The van der Waals surface area contributed by atoms with Gasteiger partial charge in [0.05, 0.1) is 11.3 Å². The highest BCUT2D eigenvalue weighted by Gasteiger charge is 2.38. The highest BCUT2D eigenvalue weighted by molar-refractivity contribution is 6.40. The lowest BCUT2D eigenvalue weighted by atomic mass is 9.79. The van der Waals surface area contributed by atoms with Crippen LogP contribution in [0, 0.1) is 0 Å². The molecule has 3 amide bonds. The van der Waals surface area contributed by atoms with Gasteiger partial charge < -0.3 is 21.7 Å². The number of para-hydroxylation sites is 1. The minimum absolute atomic E-state index is 0.115. The number of amides is 3. The number of carbonyl (C=O) groups excluding carboxylic acids is 3. The summed E-state index contributed by atoms with van der Waals surface area (Å²) in [5.74, 6) is -2.21. The molecule has 0 atom stereocenters. The number of anilines is 1. The van der Waals surface area contributed by atoms with Crippen molar-refractivity contribution in [2.75, 3.05) is 5.32 Å². The summed E-state index contributed by atoms with van der Waals surface area (Å²) in [5, 5.41) is 8.77. The minimum atomic E-state index is -0.817. The molecule has 1 heterocycles. The van der Waals surface area contributed by atoms with Gasteiger partial charge in [0.1, 0.15) is 0 Å². The summed E-state index contributed by atoms with van der Waals surface area (Å²) >= 11 is 0. The van der Waals surface area contributed by atoms with Gasteiger partial charge in [-0.15, -0.1) is 0 Å². The number of carbonyl (C=O) groups is 3. The van der Waals surface area contributed by atoms with Crippen LogP contribution in [0.2, 0.25) is 0 Å². The second-order valence-electron chi connectivity index (χ2n) is 7.84. The molecule has 1 aromatic rings. The molecule has 5 N–H and O–H groups in total. The molecular formula is C18H26N4O3. The van der Waals surface area contributed by atoms with Gasteiger partial charge in [0.2, 0.25) is 0 Å². The fourth-order valence-electron chi connectivity index (χ4n) is 3.66. The van der Waals surface area contributed by atoms with Crippen molar-refractivity contribution in [2.24, 2.45) is 5.73 Å². The summed E-state index contributed by atoms with van der Waals surface area (Å²) in [4.78, 5) is 35.8. The van der Waals surface area contributed by atoms with E-state index in [-0.39, 0.29) is 28.4 Å². The minimum Gasteiger partial charge on any atom is -0.366 e. The van der Waals surface area contributed by atoms with E-state index in [1.165, 1.54) is 12.1 Å². The van der Waals surface area contributed by atoms with Crippen LogP contribution in [-0.4, -0.2) is 34.8 Å². The Morgan fingerprint density at radius 3 is 2.16 bits per heavy atom. The van der Waals surface area contributed by atoms with Gasteiger partial charge in [0.25, 0.3) is 5.91 Å². The molecule has 7 nitrogen and oxygen atoms in total. The van der Waals surface area contributed by atoms with Crippen LogP contribution >= 0.6 is 0 Å². The Kier molecular flexibility index (Phi) is 5.17. The van der Waals surface area contributed by atoms with Crippen molar-refractivity contribution in [3.8, 4) is 0 Å². The van der Waals surface area contributed by atoms with Crippen molar-refractivity contribution in [1.29, 1.82) is 0 Å². The zero-order valence-electron chi connectivity index (χ0n) is 15.1. The van der Waals surface area contributed by atoms with E-state index in [1.807, 2.05) is 0 Å². The fourth-order valence-corrected chi connectivity index (χ4v) is 3.66. The Bertz CT molecular complexity index is 681. The summed E-state index contributed by atoms with van der Waals surface area (Å²) in [6.45, 7) is 8.26. The smallest absolute Gasteiger partial charge is 0.313 e. The number of benzene rings is 1. The Morgan fingerprint density at radius 1 is 1.04 bits per heavy atom. The first-order valence-corrected chi connectivity index (χ1v) is 8.29. The molecule has 0 bridgehead atoms. The molecule has 1 aliphatic heterocycles. The van der Waals surface area contributed by atoms with Gasteiger partial charge in [-0.3, -0.25) is 14.4 Å².